The summed E-state index contributed by atoms with van der Waals surface area (Å²) < 4.78 is 59.8. The third-order valence-corrected chi connectivity index (χ3v) is 3.42. The molecule has 0 aromatic heterocycles. The summed E-state index contributed by atoms with van der Waals surface area (Å²) in [5, 5.41) is 0. The molecule has 1 aromatic rings. The van der Waals surface area contributed by atoms with Crippen molar-refractivity contribution >= 4 is 25.9 Å². The van der Waals surface area contributed by atoms with Crippen LogP contribution >= 0.6 is 0 Å². The highest BCUT2D eigenvalue weighted by Crippen LogP contribution is 2.13. The molecule has 102 valence electrons. The van der Waals surface area contributed by atoms with Crippen molar-refractivity contribution in [2.75, 3.05) is 17.7 Å². The van der Waals surface area contributed by atoms with Crippen molar-refractivity contribution in [1.82, 2.24) is 5.43 Å². The zero-order valence-corrected chi connectivity index (χ0v) is 10.7. The molecule has 1 aromatic carbocycles. The predicted molar refractivity (Wildman–Crippen MR) is 64.3 cm³/mol. The number of hydrogen-bond donors (Lipinski definition) is 4. The Balaban J connectivity index is 2.59. The lowest BCUT2D eigenvalue weighted by Crippen LogP contribution is -2.27. The van der Waals surface area contributed by atoms with Crippen LogP contribution in [0.15, 0.2) is 29.2 Å². The predicted octanol–water partition coefficient (Wildman–Crippen LogP) is -0.262. The Morgan fingerprint density at radius 3 is 2.33 bits per heavy atom. The molecule has 0 saturated heterocycles. The van der Waals surface area contributed by atoms with Crippen LogP contribution in [-0.4, -0.2) is 38.2 Å². The normalized spacial score (nSPS) is 12.3. The highest BCUT2D eigenvalue weighted by atomic mass is 32.2. The van der Waals surface area contributed by atoms with Crippen LogP contribution in [0.3, 0.4) is 0 Å². The van der Waals surface area contributed by atoms with E-state index in [0.29, 0.717) is 5.69 Å². The molecule has 18 heavy (non-hydrogen) atoms. The molecule has 0 aliphatic rings. The fraction of sp³-hybridized carbons (Fsp3) is 0.250. The number of hydrazine groups is 1. The zero-order valence-electron chi connectivity index (χ0n) is 9.07. The minimum absolute atomic E-state index is 0.0745. The summed E-state index contributed by atoms with van der Waals surface area (Å²) in [6, 6.07) is 5.28. The van der Waals surface area contributed by atoms with Crippen LogP contribution < -0.4 is 10.9 Å². The second-order valence-corrected chi connectivity index (χ2v) is 6.33. The molecule has 0 aliphatic carbocycles. The Labute approximate surface area is 104 Å². The average Bonchev–Trinajstić information content (AvgIpc) is 2.22. The largest absolute Gasteiger partial charge is 0.321 e. The topological polar surface area (TPSA) is 133 Å². The molecule has 10 heteroatoms. The SMILES string of the molecule is O=S(=O)(O)CCNNc1cccc(S(=O)(=O)O)c1. The monoisotopic (exact) mass is 296 g/mol. The Morgan fingerprint density at radius 2 is 1.78 bits per heavy atom. The van der Waals surface area contributed by atoms with Crippen molar-refractivity contribution in [3.8, 4) is 0 Å². The molecule has 0 unspecified atom stereocenters. The molecular weight excluding hydrogens is 284 g/mol. The lowest BCUT2D eigenvalue weighted by molar-refractivity contribution is 0.480. The molecule has 0 saturated carbocycles. The van der Waals surface area contributed by atoms with Gasteiger partial charge in [0.25, 0.3) is 20.2 Å². The van der Waals surface area contributed by atoms with Crippen molar-refractivity contribution in [3.05, 3.63) is 24.3 Å². The van der Waals surface area contributed by atoms with Crippen LogP contribution in [-0.2, 0) is 20.2 Å². The first-order chi connectivity index (χ1) is 8.18. The minimum atomic E-state index is -4.28. The second kappa shape index (κ2) is 5.63. The number of anilines is 1. The summed E-state index contributed by atoms with van der Waals surface area (Å²) >= 11 is 0. The molecule has 8 nitrogen and oxygen atoms in total. The van der Waals surface area contributed by atoms with Gasteiger partial charge in [0.05, 0.1) is 16.3 Å². The average molecular weight is 296 g/mol. The van der Waals surface area contributed by atoms with E-state index in [0.717, 1.165) is 6.07 Å². The highest BCUT2D eigenvalue weighted by Gasteiger charge is 2.09. The zero-order chi connectivity index (χ0) is 13.8. The minimum Gasteiger partial charge on any atom is -0.321 e. The molecule has 0 bridgehead atoms. The van der Waals surface area contributed by atoms with E-state index in [9.17, 15) is 16.8 Å². The smallest absolute Gasteiger partial charge is 0.294 e. The summed E-state index contributed by atoms with van der Waals surface area (Å²) in [4.78, 5) is -0.288. The van der Waals surface area contributed by atoms with Gasteiger partial charge in [-0.25, -0.2) is 5.43 Å². The summed E-state index contributed by atoms with van der Waals surface area (Å²) in [6.45, 7) is -0.0745. The van der Waals surface area contributed by atoms with Gasteiger partial charge in [0.1, 0.15) is 0 Å². The van der Waals surface area contributed by atoms with E-state index in [2.05, 4.69) is 10.9 Å². The molecule has 0 spiro atoms. The molecule has 0 radical (unpaired) electrons. The van der Waals surface area contributed by atoms with E-state index >= 15 is 0 Å². The first-order valence-electron chi connectivity index (χ1n) is 4.70. The van der Waals surface area contributed by atoms with Gasteiger partial charge in [0, 0.05) is 6.54 Å². The maximum absolute atomic E-state index is 10.8. The van der Waals surface area contributed by atoms with Crippen LogP contribution in [0, 0.1) is 0 Å². The van der Waals surface area contributed by atoms with Gasteiger partial charge in [0.15, 0.2) is 0 Å². The summed E-state index contributed by atoms with van der Waals surface area (Å²) in [5.41, 5.74) is 5.32. The van der Waals surface area contributed by atoms with E-state index < -0.39 is 26.0 Å². The van der Waals surface area contributed by atoms with E-state index in [1.165, 1.54) is 18.2 Å². The maximum Gasteiger partial charge on any atom is 0.294 e. The van der Waals surface area contributed by atoms with Crippen molar-refractivity contribution in [3.63, 3.8) is 0 Å². The van der Waals surface area contributed by atoms with E-state index in [-0.39, 0.29) is 11.4 Å². The van der Waals surface area contributed by atoms with Crippen molar-refractivity contribution in [1.29, 1.82) is 0 Å². The molecule has 0 aliphatic heterocycles. The van der Waals surface area contributed by atoms with Crippen LogP contribution in [0.4, 0.5) is 5.69 Å². The van der Waals surface area contributed by atoms with E-state index in [1.54, 1.807) is 0 Å². The van der Waals surface area contributed by atoms with Gasteiger partial charge in [-0.1, -0.05) is 6.07 Å². The molecular formula is C8H12N2O6S2. The second-order valence-electron chi connectivity index (χ2n) is 3.34. The van der Waals surface area contributed by atoms with Gasteiger partial charge in [-0.15, -0.1) is 0 Å². The van der Waals surface area contributed by atoms with E-state index in [1.807, 2.05) is 0 Å². The highest BCUT2D eigenvalue weighted by molar-refractivity contribution is 7.86. The standard InChI is InChI=1S/C8H12N2O6S2/c11-17(12,13)5-4-9-10-7-2-1-3-8(6-7)18(14,15)16/h1-3,6,9-10H,4-5H2,(H,11,12,13)(H,14,15,16). The summed E-state index contributed by atoms with van der Waals surface area (Å²) in [7, 11) is -8.33. The molecule has 0 fully saturated rings. The Bertz CT molecular complexity index is 610. The van der Waals surface area contributed by atoms with Gasteiger partial charge in [-0.05, 0) is 18.2 Å². The lowest BCUT2D eigenvalue weighted by Gasteiger charge is -2.08. The van der Waals surface area contributed by atoms with Crippen molar-refractivity contribution < 1.29 is 25.9 Å². The fourth-order valence-electron chi connectivity index (χ4n) is 1.08. The number of benzene rings is 1. The first kappa shape index (κ1) is 14.9. The third-order valence-electron chi connectivity index (χ3n) is 1.85. The number of rotatable bonds is 6. The van der Waals surface area contributed by atoms with Crippen molar-refractivity contribution in [2.24, 2.45) is 0 Å². The molecule has 0 heterocycles. The van der Waals surface area contributed by atoms with Gasteiger partial charge < -0.3 is 5.43 Å². The Kier molecular flexibility index (Phi) is 4.65. The number of nitrogens with one attached hydrogen (secondary N) is 2. The Hall–Kier alpha value is -1.20. The van der Waals surface area contributed by atoms with Gasteiger partial charge in [-0.3, -0.25) is 9.11 Å². The molecule has 0 amide bonds. The van der Waals surface area contributed by atoms with Gasteiger partial charge in [-0.2, -0.15) is 16.8 Å². The molecule has 0 atom stereocenters. The molecule has 1 rings (SSSR count). The summed E-state index contributed by atoms with van der Waals surface area (Å²) in [5.74, 6) is -0.488. The van der Waals surface area contributed by atoms with E-state index in [4.69, 9.17) is 9.11 Å². The van der Waals surface area contributed by atoms with Crippen molar-refractivity contribution in [2.45, 2.75) is 4.90 Å². The Morgan fingerprint density at radius 1 is 1.11 bits per heavy atom. The number of hydrogen-bond acceptors (Lipinski definition) is 6. The molecule has 4 N–H and O–H groups in total. The van der Waals surface area contributed by atoms with Crippen LogP contribution in [0.1, 0.15) is 0 Å². The lowest BCUT2D eigenvalue weighted by atomic mass is 10.3. The first-order valence-corrected chi connectivity index (χ1v) is 7.75. The third kappa shape index (κ3) is 5.42. The summed E-state index contributed by atoms with van der Waals surface area (Å²) in [6.07, 6.45) is 0. The maximum atomic E-state index is 10.8. The van der Waals surface area contributed by atoms with Gasteiger partial charge >= 0.3 is 0 Å². The van der Waals surface area contributed by atoms with Gasteiger partial charge in [0.2, 0.25) is 0 Å². The van der Waals surface area contributed by atoms with Crippen LogP contribution in [0.25, 0.3) is 0 Å². The quantitative estimate of drug-likeness (QED) is 0.320. The van der Waals surface area contributed by atoms with Crippen LogP contribution in [0.5, 0.6) is 0 Å². The van der Waals surface area contributed by atoms with Crippen LogP contribution in [0.2, 0.25) is 0 Å². The fourth-order valence-corrected chi connectivity index (χ4v) is 1.97.